The molecular weight excluding hydrogens is 368 g/mol. The van der Waals surface area contributed by atoms with E-state index in [0.717, 1.165) is 11.3 Å². The van der Waals surface area contributed by atoms with E-state index in [1.54, 1.807) is 36.3 Å². The van der Waals surface area contributed by atoms with Gasteiger partial charge in [0.05, 0.1) is 25.4 Å². The number of hydrogen-bond donors (Lipinski definition) is 1. The van der Waals surface area contributed by atoms with E-state index < -0.39 is 0 Å². The molecule has 1 aromatic heterocycles. The van der Waals surface area contributed by atoms with Crippen LogP contribution in [-0.2, 0) is 0 Å². The number of carbonyl (C=O) groups excluding carboxylic acids is 1. The van der Waals surface area contributed by atoms with E-state index in [1.165, 1.54) is 6.33 Å². The number of ether oxygens (including phenoxy) is 2. The number of rotatable bonds is 8. The second kappa shape index (κ2) is 9.23. The van der Waals surface area contributed by atoms with Gasteiger partial charge in [-0.3, -0.25) is 4.79 Å². The summed E-state index contributed by atoms with van der Waals surface area (Å²) in [6.07, 6.45) is 3.13. The number of nitrogens with one attached hydrogen (secondary N) is 1. The number of amides is 1. The highest BCUT2D eigenvalue weighted by molar-refractivity contribution is 5.95. The molecule has 0 aliphatic heterocycles. The minimum atomic E-state index is -0.174. The van der Waals surface area contributed by atoms with Crippen LogP contribution in [0.25, 0.3) is 5.69 Å². The minimum Gasteiger partial charge on any atom is -0.493 e. The predicted molar refractivity (Wildman–Crippen MR) is 111 cm³/mol. The first-order valence-electron chi connectivity index (χ1n) is 9.54. The number of hydrogen-bond acceptors (Lipinski definition) is 5. The van der Waals surface area contributed by atoms with Gasteiger partial charge < -0.3 is 14.8 Å². The number of nitrogens with zero attached hydrogens (tertiary/aromatic N) is 3. The smallest absolute Gasteiger partial charge is 0.251 e. The summed E-state index contributed by atoms with van der Waals surface area (Å²) in [4.78, 5) is 16.6. The van der Waals surface area contributed by atoms with E-state index in [1.807, 2.05) is 31.2 Å². The summed E-state index contributed by atoms with van der Waals surface area (Å²) in [5.41, 5.74) is 2.42. The molecule has 3 rings (SSSR count). The molecule has 152 valence electrons. The fourth-order valence-corrected chi connectivity index (χ4v) is 2.81. The van der Waals surface area contributed by atoms with E-state index in [4.69, 9.17) is 9.47 Å². The maximum atomic E-state index is 12.7. The zero-order chi connectivity index (χ0) is 20.8. The summed E-state index contributed by atoms with van der Waals surface area (Å²) in [7, 11) is 1.57. The van der Waals surface area contributed by atoms with Crippen molar-refractivity contribution in [3.8, 4) is 17.2 Å². The quantitative estimate of drug-likeness (QED) is 0.629. The summed E-state index contributed by atoms with van der Waals surface area (Å²) in [6.45, 7) is 6.69. The van der Waals surface area contributed by atoms with Gasteiger partial charge >= 0.3 is 0 Å². The molecule has 0 aliphatic carbocycles. The van der Waals surface area contributed by atoms with E-state index >= 15 is 0 Å². The van der Waals surface area contributed by atoms with Crippen LogP contribution in [0.2, 0.25) is 0 Å². The van der Waals surface area contributed by atoms with Crippen LogP contribution in [-0.4, -0.2) is 34.4 Å². The zero-order valence-corrected chi connectivity index (χ0v) is 17.1. The second-order valence-corrected chi connectivity index (χ2v) is 7.20. The van der Waals surface area contributed by atoms with E-state index in [9.17, 15) is 4.79 Å². The normalized spacial score (nSPS) is 11.9. The molecule has 1 N–H and O–H groups in total. The van der Waals surface area contributed by atoms with Crippen molar-refractivity contribution in [2.45, 2.75) is 26.8 Å². The van der Waals surface area contributed by atoms with E-state index in [2.05, 4.69) is 29.2 Å². The molecule has 0 bridgehead atoms. The number of aromatic nitrogens is 3. The standard InChI is InChI=1S/C22H26N4O3/c1-15(2)12-29-20-10-7-18(11-21(20)28-4)22(27)25-16(3)17-5-8-19(9-6-17)26-14-23-13-24-26/h5-11,13-16H,12H2,1-4H3,(H,25,27). The lowest BCUT2D eigenvalue weighted by molar-refractivity contribution is 0.0939. The molecule has 0 fully saturated rings. The lowest BCUT2D eigenvalue weighted by Crippen LogP contribution is -2.26. The van der Waals surface area contributed by atoms with Crippen molar-refractivity contribution < 1.29 is 14.3 Å². The molecule has 0 saturated carbocycles. The lowest BCUT2D eigenvalue weighted by atomic mass is 10.1. The van der Waals surface area contributed by atoms with Gasteiger partial charge in [0.25, 0.3) is 5.91 Å². The van der Waals surface area contributed by atoms with E-state index in [0.29, 0.717) is 29.6 Å². The van der Waals surface area contributed by atoms with Gasteiger partial charge in [0.2, 0.25) is 0 Å². The molecular formula is C22H26N4O3. The average molecular weight is 394 g/mol. The fourth-order valence-electron chi connectivity index (χ4n) is 2.81. The van der Waals surface area contributed by atoms with Gasteiger partial charge in [0, 0.05) is 5.56 Å². The molecule has 7 heteroatoms. The van der Waals surface area contributed by atoms with Gasteiger partial charge in [-0.1, -0.05) is 26.0 Å². The van der Waals surface area contributed by atoms with Crippen LogP contribution in [0.5, 0.6) is 11.5 Å². The summed E-state index contributed by atoms with van der Waals surface area (Å²) >= 11 is 0. The maximum Gasteiger partial charge on any atom is 0.251 e. The fraction of sp³-hybridized carbons (Fsp3) is 0.318. The molecule has 0 spiro atoms. The highest BCUT2D eigenvalue weighted by atomic mass is 16.5. The van der Waals surface area contributed by atoms with Crippen LogP contribution < -0.4 is 14.8 Å². The van der Waals surface area contributed by atoms with Gasteiger partial charge in [-0.2, -0.15) is 5.10 Å². The third-order valence-corrected chi connectivity index (χ3v) is 4.42. The maximum absolute atomic E-state index is 12.7. The van der Waals surface area contributed by atoms with Crippen molar-refractivity contribution in [2.75, 3.05) is 13.7 Å². The van der Waals surface area contributed by atoms with Crippen LogP contribution in [0.3, 0.4) is 0 Å². The first-order chi connectivity index (χ1) is 14.0. The van der Waals surface area contributed by atoms with Crippen LogP contribution >= 0.6 is 0 Å². The number of carbonyl (C=O) groups is 1. The van der Waals surface area contributed by atoms with Crippen LogP contribution in [0.4, 0.5) is 0 Å². The van der Waals surface area contributed by atoms with Gasteiger partial charge in [-0.05, 0) is 48.7 Å². The number of methoxy groups -OCH3 is 1. The Kier molecular flexibility index (Phi) is 6.49. The Morgan fingerprint density at radius 2 is 1.86 bits per heavy atom. The molecule has 1 heterocycles. The highest BCUT2D eigenvalue weighted by Gasteiger charge is 2.15. The van der Waals surface area contributed by atoms with Crippen molar-refractivity contribution in [1.82, 2.24) is 20.1 Å². The molecule has 2 aromatic carbocycles. The van der Waals surface area contributed by atoms with Crippen molar-refractivity contribution in [2.24, 2.45) is 5.92 Å². The predicted octanol–water partition coefficient (Wildman–Crippen LogP) is 3.80. The average Bonchev–Trinajstić information content (AvgIpc) is 3.27. The molecule has 1 unspecified atom stereocenters. The highest BCUT2D eigenvalue weighted by Crippen LogP contribution is 2.29. The van der Waals surface area contributed by atoms with Gasteiger partial charge in [0.15, 0.2) is 11.5 Å². The van der Waals surface area contributed by atoms with Crippen LogP contribution in [0, 0.1) is 5.92 Å². The van der Waals surface area contributed by atoms with Crippen molar-refractivity contribution in [3.05, 3.63) is 66.2 Å². The Balaban J connectivity index is 1.67. The summed E-state index contributed by atoms with van der Waals surface area (Å²) in [5.74, 6) is 1.41. The summed E-state index contributed by atoms with van der Waals surface area (Å²) in [5, 5.41) is 7.13. The third kappa shape index (κ3) is 5.13. The second-order valence-electron chi connectivity index (χ2n) is 7.20. The van der Waals surface area contributed by atoms with Gasteiger partial charge in [0.1, 0.15) is 12.7 Å². The molecule has 29 heavy (non-hydrogen) atoms. The molecule has 0 aliphatic rings. The third-order valence-electron chi connectivity index (χ3n) is 4.42. The summed E-state index contributed by atoms with van der Waals surface area (Å²) < 4.78 is 12.8. The van der Waals surface area contributed by atoms with Crippen molar-refractivity contribution >= 4 is 5.91 Å². The Labute approximate surface area is 170 Å². The largest absolute Gasteiger partial charge is 0.493 e. The SMILES string of the molecule is COc1cc(C(=O)NC(C)c2ccc(-n3cncn3)cc2)ccc1OCC(C)C. The molecule has 3 aromatic rings. The molecule has 1 amide bonds. The molecule has 7 nitrogen and oxygen atoms in total. The Hall–Kier alpha value is -3.35. The molecule has 0 radical (unpaired) electrons. The monoisotopic (exact) mass is 394 g/mol. The number of benzene rings is 2. The van der Waals surface area contributed by atoms with Crippen molar-refractivity contribution in [3.63, 3.8) is 0 Å². The molecule has 0 saturated heterocycles. The minimum absolute atomic E-state index is 0.157. The lowest BCUT2D eigenvalue weighted by Gasteiger charge is -2.16. The Morgan fingerprint density at radius 1 is 1.10 bits per heavy atom. The van der Waals surface area contributed by atoms with E-state index in [-0.39, 0.29) is 11.9 Å². The van der Waals surface area contributed by atoms with Crippen molar-refractivity contribution in [1.29, 1.82) is 0 Å². The van der Waals surface area contributed by atoms with Gasteiger partial charge in [-0.15, -0.1) is 0 Å². The first kappa shape index (κ1) is 20.4. The zero-order valence-electron chi connectivity index (χ0n) is 17.1. The van der Waals surface area contributed by atoms with Gasteiger partial charge in [-0.25, -0.2) is 9.67 Å². The Bertz CT molecular complexity index is 937. The topological polar surface area (TPSA) is 78.3 Å². The van der Waals surface area contributed by atoms with Crippen LogP contribution in [0.1, 0.15) is 42.7 Å². The molecule has 1 atom stereocenters. The Morgan fingerprint density at radius 3 is 2.48 bits per heavy atom. The summed E-state index contributed by atoms with van der Waals surface area (Å²) in [6, 6.07) is 12.9. The van der Waals surface area contributed by atoms with Crippen LogP contribution in [0.15, 0.2) is 55.1 Å². The first-order valence-corrected chi connectivity index (χ1v) is 9.54.